The zero-order chi connectivity index (χ0) is 12.5. The van der Waals surface area contributed by atoms with Crippen LogP contribution in [0.3, 0.4) is 0 Å². The van der Waals surface area contributed by atoms with Crippen molar-refractivity contribution in [3.63, 3.8) is 0 Å². The molecule has 0 aliphatic carbocycles. The number of sulfonamides is 1. The molecule has 0 bridgehead atoms. The lowest BCUT2D eigenvalue weighted by Gasteiger charge is -2.11. The minimum absolute atomic E-state index is 0.0805. The third kappa shape index (κ3) is 3.28. The van der Waals surface area contributed by atoms with Gasteiger partial charge in [0.15, 0.2) is 0 Å². The van der Waals surface area contributed by atoms with Crippen molar-refractivity contribution in [2.45, 2.75) is 19.4 Å². The summed E-state index contributed by atoms with van der Waals surface area (Å²) in [4.78, 5) is 0. The van der Waals surface area contributed by atoms with Gasteiger partial charge < -0.3 is 0 Å². The van der Waals surface area contributed by atoms with Crippen LogP contribution in [0.4, 0.5) is 0 Å². The number of hydrogen-bond donors (Lipinski definition) is 1. The van der Waals surface area contributed by atoms with E-state index in [2.05, 4.69) is 22.2 Å². The molecule has 2 rings (SSSR count). The molecule has 0 radical (unpaired) electrons. The molecule has 0 spiro atoms. The molecule has 0 saturated heterocycles. The van der Waals surface area contributed by atoms with Gasteiger partial charge in [-0.1, -0.05) is 18.2 Å². The largest absolute Gasteiger partial charge is 0.213 e. The summed E-state index contributed by atoms with van der Waals surface area (Å²) in [5, 5.41) is 3.32. The Bertz CT molecular complexity index is 616. The monoisotopic (exact) mass is 269 g/mol. The molecule has 0 amide bonds. The van der Waals surface area contributed by atoms with Gasteiger partial charge in [0.05, 0.1) is 6.26 Å². The summed E-state index contributed by atoms with van der Waals surface area (Å²) in [5.74, 6) is 0. The van der Waals surface area contributed by atoms with Crippen LogP contribution in [-0.2, 0) is 16.4 Å². The SMILES string of the molecule is CC(Cc1csc2ccccc12)NS(C)(=O)=O. The van der Waals surface area contributed by atoms with Gasteiger partial charge in [-0.3, -0.25) is 0 Å². The maximum absolute atomic E-state index is 11.1. The Balaban J connectivity index is 2.19. The molecule has 1 heterocycles. The predicted octanol–water partition coefficient (Wildman–Crippen LogP) is 2.38. The highest BCUT2D eigenvalue weighted by Gasteiger charge is 2.11. The molecule has 2 aromatic rings. The van der Waals surface area contributed by atoms with Crippen molar-refractivity contribution in [3.05, 3.63) is 35.2 Å². The van der Waals surface area contributed by atoms with Gasteiger partial charge in [-0.05, 0) is 35.7 Å². The summed E-state index contributed by atoms with van der Waals surface area (Å²) in [6.45, 7) is 1.88. The van der Waals surface area contributed by atoms with Crippen LogP contribution in [0.5, 0.6) is 0 Å². The van der Waals surface area contributed by atoms with Crippen molar-refractivity contribution in [1.82, 2.24) is 4.72 Å². The van der Waals surface area contributed by atoms with E-state index in [1.165, 1.54) is 21.9 Å². The number of hydrogen-bond acceptors (Lipinski definition) is 3. The van der Waals surface area contributed by atoms with E-state index in [-0.39, 0.29) is 6.04 Å². The Kier molecular flexibility index (Phi) is 3.51. The van der Waals surface area contributed by atoms with Gasteiger partial charge in [0, 0.05) is 10.7 Å². The van der Waals surface area contributed by atoms with Crippen molar-refractivity contribution in [2.75, 3.05) is 6.26 Å². The van der Waals surface area contributed by atoms with Gasteiger partial charge >= 0.3 is 0 Å². The number of nitrogens with one attached hydrogen (secondary N) is 1. The van der Waals surface area contributed by atoms with E-state index in [1.54, 1.807) is 11.3 Å². The molecule has 3 nitrogen and oxygen atoms in total. The fraction of sp³-hybridized carbons (Fsp3) is 0.333. The van der Waals surface area contributed by atoms with Crippen LogP contribution in [0, 0.1) is 0 Å². The van der Waals surface area contributed by atoms with Crippen molar-refractivity contribution in [1.29, 1.82) is 0 Å². The second-order valence-corrected chi connectivity index (χ2v) is 6.94. The lowest BCUT2D eigenvalue weighted by Crippen LogP contribution is -2.33. The van der Waals surface area contributed by atoms with Crippen LogP contribution >= 0.6 is 11.3 Å². The standard InChI is InChI=1S/C12H15NO2S2/c1-9(13-17(2,14)15)7-10-8-16-12-6-4-3-5-11(10)12/h3-6,8-9,13H,7H2,1-2H3. The van der Waals surface area contributed by atoms with E-state index >= 15 is 0 Å². The third-order valence-corrected chi connectivity index (χ3v) is 4.35. The van der Waals surface area contributed by atoms with Gasteiger partial charge in [-0.15, -0.1) is 11.3 Å². The van der Waals surface area contributed by atoms with E-state index in [0.717, 1.165) is 6.42 Å². The first-order chi connectivity index (χ1) is 7.96. The molecular weight excluding hydrogens is 254 g/mol. The van der Waals surface area contributed by atoms with Crippen LogP contribution in [0.2, 0.25) is 0 Å². The van der Waals surface area contributed by atoms with E-state index in [0.29, 0.717) is 0 Å². The fourth-order valence-corrected chi connectivity index (χ4v) is 3.72. The number of thiophene rings is 1. The van der Waals surface area contributed by atoms with Crippen molar-refractivity contribution >= 4 is 31.4 Å². The topological polar surface area (TPSA) is 46.2 Å². The van der Waals surface area contributed by atoms with Crippen LogP contribution < -0.4 is 4.72 Å². The summed E-state index contributed by atoms with van der Waals surface area (Å²) < 4.78 is 26.1. The van der Waals surface area contributed by atoms with Crippen molar-refractivity contribution < 1.29 is 8.42 Å². The molecule has 5 heteroatoms. The molecule has 1 atom stereocenters. The number of benzene rings is 1. The zero-order valence-corrected chi connectivity index (χ0v) is 11.4. The highest BCUT2D eigenvalue weighted by Crippen LogP contribution is 2.26. The average molecular weight is 269 g/mol. The van der Waals surface area contributed by atoms with Crippen LogP contribution in [0.15, 0.2) is 29.6 Å². The summed E-state index contributed by atoms with van der Waals surface area (Å²) in [6.07, 6.45) is 1.91. The highest BCUT2D eigenvalue weighted by atomic mass is 32.2. The summed E-state index contributed by atoms with van der Waals surface area (Å²) in [7, 11) is -3.13. The molecule has 0 fully saturated rings. The maximum Gasteiger partial charge on any atom is 0.208 e. The van der Waals surface area contributed by atoms with E-state index in [4.69, 9.17) is 0 Å². The maximum atomic E-state index is 11.1. The zero-order valence-electron chi connectivity index (χ0n) is 9.80. The van der Waals surface area contributed by atoms with E-state index in [1.807, 2.05) is 19.1 Å². The molecule has 0 aliphatic heterocycles. The van der Waals surface area contributed by atoms with Gasteiger partial charge in [0.25, 0.3) is 0 Å². The molecule has 1 N–H and O–H groups in total. The molecule has 0 saturated carbocycles. The molecule has 92 valence electrons. The number of rotatable bonds is 4. The van der Waals surface area contributed by atoms with Crippen LogP contribution in [0.25, 0.3) is 10.1 Å². The highest BCUT2D eigenvalue weighted by molar-refractivity contribution is 7.88. The fourth-order valence-electron chi connectivity index (χ4n) is 1.93. The summed E-state index contributed by atoms with van der Waals surface area (Å²) in [6, 6.07) is 8.10. The minimum atomic E-state index is -3.13. The van der Waals surface area contributed by atoms with Gasteiger partial charge in [0.1, 0.15) is 0 Å². The molecule has 0 aliphatic rings. The molecule has 17 heavy (non-hydrogen) atoms. The summed E-state index contributed by atoms with van der Waals surface area (Å²) >= 11 is 1.70. The lowest BCUT2D eigenvalue weighted by molar-refractivity contribution is 0.566. The lowest BCUT2D eigenvalue weighted by atomic mass is 10.1. The van der Waals surface area contributed by atoms with Gasteiger partial charge in [0.2, 0.25) is 10.0 Å². The predicted molar refractivity (Wildman–Crippen MR) is 73.0 cm³/mol. The van der Waals surface area contributed by atoms with Gasteiger partial charge in [-0.25, -0.2) is 13.1 Å². The first kappa shape index (κ1) is 12.5. The Labute approximate surface area is 106 Å². The van der Waals surface area contributed by atoms with Crippen molar-refractivity contribution in [2.24, 2.45) is 0 Å². The molecular formula is C12H15NO2S2. The smallest absolute Gasteiger partial charge is 0.208 e. The Morgan fingerprint density at radius 1 is 1.35 bits per heavy atom. The number of fused-ring (bicyclic) bond motifs is 1. The minimum Gasteiger partial charge on any atom is -0.213 e. The normalized spacial score (nSPS) is 14.0. The van der Waals surface area contributed by atoms with Crippen molar-refractivity contribution in [3.8, 4) is 0 Å². The second-order valence-electron chi connectivity index (χ2n) is 4.25. The average Bonchev–Trinajstić information content (AvgIpc) is 2.59. The summed E-state index contributed by atoms with van der Waals surface area (Å²) in [5.41, 5.74) is 1.20. The first-order valence-corrected chi connectivity index (χ1v) is 8.15. The Morgan fingerprint density at radius 3 is 2.76 bits per heavy atom. The first-order valence-electron chi connectivity index (χ1n) is 5.38. The van der Waals surface area contributed by atoms with E-state index < -0.39 is 10.0 Å². The molecule has 1 aromatic heterocycles. The van der Waals surface area contributed by atoms with Gasteiger partial charge in [-0.2, -0.15) is 0 Å². The third-order valence-electron chi connectivity index (χ3n) is 2.50. The van der Waals surface area contributed by atoms with Crippen LogP contribution in [-0.4, -0.2) is 20.7 Å². The Morgan fingerprint density at radius 2 is 2.06 bits per heavy atom. The van der Waals surface area contributed by atoms with Crippen LogP contribution in [0.1, 0.15) is 12.5 Å². The Hall–Kier alpha value is -0.910. The second kappa shape index (κ2) is 4.76. The molecule has 1 unspecified atom stereocenters. The molecule has 1 aromatic carbocycles. The van der Waals surface area contributed by atoms with E-state index in [9.17, 15) is 8.42 Å². The quantitative estimate of drug-likeness (QED) is 0.926.